The van der Waals surface area contributed by atoms with Gasteiger partial charge >= 0.3 is 0 Å². The largest absolute Gasteiger partial charge is 0.349 e. The lowest BCUT2D eigenvalue weighted by Crippen LogP contribution is -2.37. The van der Waals surface area contributed by atoms with Gasteiger partial charge in [0.2, 0.25) is 5.91 Å². The molecule has 2 nitrogen and oxygen atoms in total. The molecule has 0 saturated heterocycles. The topological polar surface area (TPSA) is 29.1 Å². The lowest BCUT2D eigenvalue weighted by molar-refractivity contribution is -0.119. The van der Waals surface area contributed by atoms with E-state index in [0.717, 1.165) is 24.1 Å². The molecule has 1 amide bonds. The van der Waals surface area contributed by atoms with E-state index in [9.17, 15) is 4.79 Å². The van der Waals surface area contributed by atoms with Gasteiger partial charge in [-0.3, -0.25) is 4.79 Å². The van der Waals surface area contributed by atoms with E-state index in [4.69, 9.17) is 12.2 Å². The van der Waals surface area contributed by atoms with Crippen LogP contribution in [0.1, 0.15) is 40.0 Å². The van der Waals surface area contributed by atoms with Crippen molar-refractivity contribution in [3.05, 3.63) is 0 Å². The van der Waals surface area contributed by atoms with Crippen molar-refractivity contribution >= 4 is 23.0 Å². The fourth-order valence-corrected chi connectivity index (χ4v) is 1.21. The van der Waals surface area contributed by atoms with Crippen LogP contribution in [0, 0.1) is 0 Å². The van der Waals surface area contributed by atoms with Crippen LogP contribution in [-0.2, 0) is 4.79 Å². The maximum absolute atomic E-state index is 10.8. The molecule has 0 aromatic heterocycles. The molecule has 3 heteroatoms. The summed E-state index contributed by atoms with van der Waals surface area (Å²) in [5.41, 5.74) is 0. The van der Waals surface area contributed by atoms with Gasteiger partial charge in [-0.15, -0.1) is 0 Å². The van der Waals surface area contributed by atoms with Crippen LogP contribution in [0.4, 0.5) is 0 Å². The summed E-state index contributed by atoms with van der Waals surface area (Å²) in [6.45, 7) is 5.53. The van der Waals surface area contributed by atoms with Gasteiger partial charge in [0, 0.05) is 11.8 Å². The van der Waals surface area contributed by atoms with Gasteiger partial charge in [0.05, 0.1) is 6.04 Å². The maximum Gasteiger partial charge on any atom is 0.217 e. The minimum absolute atomic E-state index is 0.000281. The Labute approximate surface area is 79.7 Å². The highest BCUT2D eigenvalue weighted by Gasteiger charge is 2.10. The zero-order valence-corrected chi connectivity index (χ0v) is 8.83. The van der Waals surface area contributed by atoms with Crippen molar-refractivity contribution in [3.63, 3.8) is 0 Å². The number of carbonyl (C=O) groups excluding carboxylic acids is 1. The lowest BCUT2D eigenvalue weighted by Gasteiger charge is -2.15. The van der Waals surface area contributed by atoms with Crippen LogP contribution in [0.25, 0.3) is 0 Å². The number of carbonyl (C=O) groups is 1. The summed E-state index contributed by atoms with van der Waals surface area (Å²) in [5, 5.41) is 2.83. The Morgan fingerprint density at radius 2 is 2.08 bits per heavy atom. The van der Waals surface area contributed by atoms with Crippen LogP contribution in [0.15, 0.2) is 0 Å². The normalized spacial score (nSPS) is 12.2. The predicted octanol–water partition coefficient (Wildman–Crippen LogP) is 2.07. The number of nitrogens with one attached hydrogen (secondary N) is 1. The van der Waals surface area contributed by atoms with E-state index in [1.807, 2.05) is 6.92 Å². The Kier molecular flexibility index (Phi) is 5.89. The third-order valence-electron chi connectivity index (χ3n) is 1.71. The van der Waals surface area contributed by atoms with Crippen LogP contribution in [0.5, 0.6) is 0 Å². The monoisotopic (exact) mass is 187 g/mol. The molecule has 12 heavy (non-hydrogen) atoms. The molecule has 0 aliphatic rings. The van der Waals surface area contributed by atoms with Crippen molar-refractivity contribution in [1.29, 1.82) is 0 Å². The molecule has 0 aliphatic carbocycles. The van der Waals surface area contributed by atoms with Gasteiger partial charge in [0.25, 0.3) is 0 Å². The molecule has 0 aliphatic heterocycles. The molecule has 0 fully saturated rings. The molecule has 0 aromatic carbocycles. The van der Waals surface area contributed by atoms with E-state index in [0.29, 0.717) is 0 Å². The zero-order chi connectivity index (χ0) is 9.56. The van der Waals surface area contributed by atoms with E-state index in [1.54, 1.807) is 0 Å². The molecule has 0 rings (SSSR count). The first kappa shape index (κ1) is 11.6. The van der Waals surface area contributed by atoms with E-state index in [1.165, 1.54) is 6.92 Å². The molecule has 0 saturated carbocycles. The van der Waals surface area contributed by atoms with E-state index in [-0.39, 0.29) is 11.9 Å². The Morgan fingerprint density at radius 1 is 1.50 bits per heavy atom. The Hall–Kier alpha value is -0.440. The summed E-state index contributed by atoms with van der Waals surface area (Å²) in [7, 11) is 0. The van der Waals surface area contributed by atoms with Crippen molar-refractivity contribution in [2.45, 2.75) is 46.1 Å². The van der Waals surface area contributed by atoms with E-state index < -0.39 is 0 Å². The minimum atomic E-state index is 0.000281. The van der Waals surface area contributed by atoms with Gasteiger partial charge in [-0.25, -0.2) is 0 Å². The fourth-order valence-electron chi connectivity index (χ4n) is 1.03. The maximum atomic E-state index is 10.8. The van der Waals surface area contributed by atoms with Crippen LogP contribution in [-0.4, -0.2) is 16.8 Å². The number of hydrogen-bond acceptors (Lipinski definition) is 2. The zero-order valence-electron chi connectivity index (χ0n) is 8.02. The van der Waals surface area contributed by atoms with Crippen molar-refractivity contribution < 1.29 is 4.79 Å². The van der Waals surface area contributed by atoms with Gasteiger partial charge in [-0.1, -0.05) is 32.0 Å². The summed E-state index contributed by atoms with van der Waals surface area (Å²) in [4.78, 5) is 11.6. The molecule has 0 aromatic rings. The van der Waals surface area contributed by atoms with Crippen molar-refractivity contribution in [2.75, 3.05) is 0 Å². The average Bonchev–Trinajstić information content (AvgIpc) is 1.96. The Morgan fingerprint density at radius 3 is 2.42 bits per heavy atom. The molecule has 1 unspecified atom stereocenters. The van der Waals surface area contributed by atoms with Gasteiger partial charge in [-0.2, -0.15) is 0 Å². The second kappa shape index (κ2) is 6.12. The van der Waals surface area contributed by atoms with Gasteiger partial charge in [0.1, 0.15) is 0 Å². The first-order chi connectivity index (χ1) is 5.57. The van der Waals surface area contributed by atoms with Gasteiger partial charge in [0.15, 0.2) is 0 Å². The molecule has 70 valence electrons. The molecule has 1 N–H and O–H groups in total. The summed E-state index contributed by atoms with van der Waals surface area (Å²) >= 11 is 5.03. The Balaban J connectivity index is 3.87. The smallest absolute Gasteiger partial charge is 0.217 e. The summed E-state index contributed by atoms with van der Waals surface area (Å²) in [6, 6.07) is 0.0949. The highest BCUT2D eigenvalue weighted by molar-refractivity contribution is 7.80. The highest BCUT2D eigenvalue weighted by atomic mass is 32.1. The van der Waals surface area contributed by atoms with Crippen molar-refractivity contribution in [2.24, 2.45) is 0 Å². The van der Waals surface area contributed by atoms with Gasteiger partial charge < -0.3 is 5.32 Å². The average molecular weight is 187 g/mol. The number of rotatable bonds is 5. The number of unbranched alkanes of at least 4 members (excludes halogenated alkanes) is 1. The molecule has 0 heterocycles. The van der Waals surface area contributed by atoms with E-state index in [2.05, 4.69) is 12.2 Å². The van der Waals surface area contributed by atoms with Crippen molar-refractivity contribution in [3.8, 4) is 0 Å². The summed E-state index contributed by atoms with van der Waals surface area (Å²) < 4.78 is 0. The quantitative estimate of drug-likeness (QED) is 0.668. The molecule has 0 bridgehead atoms. The number of hydrogen-bond donors (Lipinski definition) is 1. The van der Waals surface area contributed by atoms with Crippen molar-refractivity contribution in [1.82, 2.24) is 5.32 Å². The first-order valence-corrected chi connectivity index (χ1v) is 4.76. The molecule has 0 radical (unpaired) electrons. The summed E-state index contributed by atoms with van der Waals surface area (Å²) in [6.07, 6.45) is 3.21. The third kappa shape index (κ3) is 5.24. The van der Waals surface area contributed by atoms with Crippen LogP contribution >= 0.6 is 12.2 Å². The third-order valence-corrected chi connectivity index (χ3v) is 2.00. The highest BCUT2D eigenvalue weighted by Crippen LogP contribution is 2.02. The molecule has 0 spiro atoms. The van der Waals surface area contributed by atoms with E-state index >= 15 is 0 Å². The van der Waals surface area contributed by atoms with Crippen LogP contribution in [0.3, 0.4) is 0 Å². The lowest BCUT2D eigenvalue weighted by atomic mass is 10.1. The second-order valence-electron chi connectivity index (χ2n) is 3.01. The SMILES string of the molecule is CCCCC(NC(C)=O)C(C)=S. The predicted molar refractivity (Wildman–Crippen MR) is 55.4 cm³/mol. The molecule has 1 atom stereocenters. The van der Waals surface area contributed by atoms with Gasteiger partial charge in [-0.05, 0) is 13.3 Å². The number of thiocarbonyl (C=S) groups is 1. The number of amides is 1. The summed E-state index contributed by atoms with van der Waals surface area (Å²) in [5.74, 6) is 0.000281. The second-order valence-corrected chi connectivity index (χ2v) is 3.65. The molecular weight excluding hydrogens is 170 g/mol. The van der Waals surface area contributed by atoms with Crippen LogP contribution < -0.4 is 5.32 Å². The molecular formula is C9H17NOS. The minimum Gasteiger partial charge on any atom is -0.349 e. The fraction of sp³-hybridized carbons (Fsp3) is 0.778. The Bertz CT molecular complexity index is 168. The van der Waals surface area contributed by atoms with Crippen LogP contribution in [0.2, 0.25) is 0 Å². The standard InChI is InChI=1S/C9H17NOS/c1-4-5-6-9(7(2)12)10-8(3)11/h9H,4-6H2,1-3H3,(H,10,11). The first-order valence-electron chi connectivity index (χ1n) is 4.35.